The smallest absolute Gasteiger partial charge is 0.216 e. The zero-order valence-corrected chi connectivity index (χ0v) is 13.1. The SMILES string of the molecule is CN=c1scc(-c2ccc(CCNC(C)=O)c(F)c2)n1C. The molecule has 0 fully saturated rings. The van der Waals surface area contributed by atoms with Gasteiger partial charge in [0, 0.05) is 38.5 Å². The van der Waals surface area contributed by atoms with Crippen LogP contribution in [0.25, 0.3) is 11.3 Å². The van der Waals surface area contributed by atoms with Crippen molar-refractivity contribution in [2.75, 3.05) is 13.6 Å². The predicted molar refractivity (Wildman–Crippen MR) is 82.6 cm³/mol. The van der Waals surface area contributed by atoms with E-state index in [-0.39, 0.29) is 11.7 Å². The van der Waals surface area contributed by atoms with Crippen LogP contribution in [0.4, 0.5) is 4.39 Å². The molecule has 0 saturated carbocycles. The lowest BCUT2D eigenvalue weighted by atomic mass is 10.1. The molecular formula is C15H18FN3OS. The molecule has 21 heavy (non-hydrogen) atoms. The fourth-order valence-electron chi connectivity index (χ4n) is 2.12. The third-order valence-corrected chi connectivity index (χ3v) is 4.24. The van der Waals surface area contributed by atoms with Gasteiger partial charge in [-0.25, -0.2) is 4.39 Å². The molecule has 0 saturated heterocycles. The minimum atomic E-state index is -0.251. The number of nitrogens with zero attached hydrogens (tertiary/aromatic N) is 2. The van der Waals surface area contributed by atoms with Crippen LogP contribution in [-0.4, -0.2) is 24.1 Å². The Labute approximate surface area is 127 Å². The van der Waals surface area contributed by atoms with Crippen molar-refractivity contribution in [3.05, 3.63) is 39.8 Å². The van der Waals surface area contributed by atoms with Crippen molar-refractivity contribution in [2.45, 2.75) is 13.3 Å². The molecule has 2 aromatic rings. The first-order chi connectivity index (χ1) is 10.0. The van der Waals surface area contributed by atoms with E-state index in [4.69, 9.17) is 0 Å². The first kappa shape index (κ1) is 15.4. The van der Waals surface area contributed by atoms with Gasteiger partial charge in [0.15, 0.2) is 4.80 Å². The van der Waals surface area contributed by atoms with Crippen molar-refractivity contribution in [1.82, 2.24) is 9.88 Å². The van der Waals surface area contributed by atoms with Crippen molar-refractivity contribution < 1.29 is 9.18 Å². The van der Waals surface area contributed by atoms with Crippen LogP contribution in [0.1, 0.15) is 12.5 Å². The summed E-state index contributed by atoms with van der Waals surface area (Å²) in [7, 11) is 3.65. The number of halogens is 1. The topological polar surface area (TPSA) is 46.4 Å². The van der Waals surface area contributed by atoms with Crippen LogP contribution in [0.2, 0.25) is 0 Å². The number of amides is 1. The summed E-state index contributed by atoms with van der Waals surface area (Å²) in [5, 5.41) is 4.63. The molecule has 0 aliphatic heterocycles. The molecule has 112 valence electrons. The monoisotopic (exact) mass is 307 g/mol. The molecule has 0 aliphatic rings. The number of aromatic nitrogens is 1. The molecule has 1 aromatic heterocycles. The normalized spacial score (nSPS) is 11.7. The number of thiazole rings is 1. The van der Waals surface area contributed by atoms with Gasteiger partial charge in [-0.3, -0.25) is 9.79 Å². The van der Waals surface area contributed by atoms with E-state index in [2.05, 4.69) is 10.3 Å². The Hall–Kier alpha value is -1.95. The zero-order valence-electron chi connectivity index (χ0n) is 12.3. The van der Waals surface area contributed by atoms with Crippen molar-refractivity contribution in [2.24, 2.45) is 12.0 Å². The standard InChI is InChI=1S/C15H18FN3OS/c1-10(20)18-7-6-11-4-5-12(8-13(11)16)14-9-21-15(17-2)19(14)3/h4-5,8-9H,6-7H2,1-3H3,(H,18,20). The molecule has 0 radical (unpaired) electrons. The molecule has 0 atom stereocenters. The molecular weight excluding hydrogens is 289 g/mol. The highest BCUT2D eigenvalue weighted by molar-refractivity contribution is 7.07. The highest BCUT2D eigenvalue weighted by atomic mass is 32.1. The Morgan fingerprint density at radius 3 is 2.81 bits per heavy atom. The van der Waals surface area contributed by atoms with Crippen LogP contribution in [0.3, 0.4) is 0 Å². The Kier molecular flexibility index (Phi) is 4.90. The van der Waals surface area contributed by atoms with Gasteiger partial charge in [0.1, 0.15) is 5.82 Å². The van der Waals surface area contributed by atoms with Gasteiger partial charge in [-0.1, -0.05) is 12.1 Å². The summed E-state index contributed by atoms with van der Waals surface area (Å²) in [5.74, 6) is -0.354. The van der Waals surface area contributed by atoms with Crippen LogP contribution >= 0.6 is 11.3 Å². The number of carbonyl (C=O) groups is 1. The molecule has 1 amide bonds. The molecule has 0 unspecified atom stereocenters. The summed E-state index contributed by atoms with van der Waals surface area (Å²) < 4.78 is 16.1. The fourth-order valence-corrected chi connectivity index (χ4v) is 2.99. The third kappa shape index (κ3) is 3.58. The highest BCUT2D eigenvalue weighted by Gasteiger charge is 2.08. The molecule has 2 rings (SSSR count). The van der Waals surface area contributed by atoms with Gasteiger partial charge in [0.25, 0.3) is 0 Å². The first-order valence-corrected chi connectivity index (χ1v) is 7.51. The van der Waals surface area contributed by atoms with E-state index in [1.165, 1.54) is 24.3 Å². The Morgan fingerprint density at radius 1 is 1.48 bits per heavy atom. The largest absolute Gasteiger partial charge is 0.356 e. The molecule has 0 aliphatic carbocycles. The zero-order chi connectivity index (χ0) is 15.4. The highest BCUT2D eigenvalue weighted by Crippen LogP contribution is 2.22. The third-order valence-electron chi connectivity index (χ3n) is 3.23. The predicted octanol–water partition coefficient (Wildman–Crippen LogP) is 2.10. The molecule has 0 spiro atoms. The van der Waals surface area contributed by atoms with Gasteiger partial charge < -0.3 is 9.88 Å². The van der Waals surface area contributed by atoms with Gasteiger partial charge in [-0.05, 0) is 18.1 Å². The van der Waals surface area contributed by atoms with E-state index in [0.717, 1.165) is 16.1 Å². The van der Waals surface area contributed by atoms with Gasteiger partial charge in [0.05, 0.1) is 5.69 Å². The van der Waals surface area contributed by atoms with Crippen molar-refractivity contribution in [3.63, 3.8) is 0 Å². The van der Waals surface area contributed by atoms with Gasteiger partial charge in [-0.15, -0.1) is 11.3 Å². The minimum absolute atomic E-state index is 0.104. The van der Waals surface area contributed by atoms with Crippen LogP contribution in [0.15, 0.2) is 28.6 Å². The first-order valence-electron chi connectivity index (χ1n) is 6.63. The second-order valence-electron chi connectivity index (χ2n) is 4.73. The number of carbonyl (C=O) groups excluding carboxylic acids is 1. The molecule has 1 N–H and O–H groups in total. The van der Waals surface area contributed by atoms with Crippen LogP contribution in [0, 0.1) is 5.82 Å². The number of hydrogen-bond donors (Lipinski definition) is 1. The Morgan fingerprint density at radius 2 is 2.24 bits per heavy atom. The quantitative estimate of drug-likeness (QED) is 0.924. The molecule has 0 bridgehead atoms. The Balaban J connectivity index is 2.22. The molecule has 6 heteroatoms. The number of hydrogen-bond acceptors (Lipinski definition) is 3. The summed E-state index contributed by atoms with van der Waals surface area (Å²) in [6.07, 6.45) is 0.483. The molecule has 1 heterocycles. The van der Waals surface area contributed by atoms with E-state index in [1.807, 2.05) is 23.1 Å². The Bertz CT molecular complexity index is 718. The van der Waals surface area contributed by atoms with Crippen molar-refractivity contribution in [1.29, 1.82) is 0 Å². The lowest BCUT2D eigenvalue weighted by molar-refractivity contribution is -0.118. The summed E-state index contributed by atoms with van der Waals surface area (Å²) in [6.45, 7) is 1.89. The molecule has 4 nitrogen and oxygen atoms in total. The number of benzene rings is 1. The maximum absolute atomic E-state index is 14.1. The molecule has 1 aromatic carbocycles. The van der Waals surface area contributed by atoms with Crippen LogP contribution in [0.5, 0.6) is 0 Å². The van der Waals surface area contributed by atoms with Gasteiger partial charge in [0.2, 0.25) is 5.91 Å². The summed E-state index contributed by atoms with van der Waals surface area (Å²) >= 11 is 1.52. The van der Waals surface area contributed by atoms with Crippen LogP contribution < -0.4 is 10.1 Å². The minimum Gasteiger partial charge on any atom is -0.356 e. The lowest BCUT2D eigenvalue weighted by Crippen LogP contribution is -2.22. The lowest BCUT2D eigenvalue weighted by Gasteiger charge is -2.07. The average Bonchev–Trinajstić information content (AvgIpc) is 2.81. The van der Waals surface area contributed by atoms with Crippen molar-refractivity contribution in [3.8, 4) is 11.3 Å². The van der Waals surface area contributed by atoms with Gasteiger partial charge in [-0.2, -0.15) is 0 Å². The van der Waals surface area contributed by atoms with E-state index in [0.29, 0.717) is 18.5 Å². The van der Waals surface area contributed by atoms with E-state index in [1.54, 1.807) is 13.1 Å². The second kappa shape index (κ2) is 6.67. The summed E-state index contributed by atoms with van der Waals surface area (Å²) in [5.41, 5.74) is 2.36. The van der Waals surface area contributed by atoms with Crippen LogP contribution in [-0.2, 0) is 18.3 Å². The fraction of sp³-hybridized carbons (Fsp3) is 0.333. The average molecular weight is 307 g/mol. The van der Waals surface area contributed by atoms with E-state index >= 15 is 0 Å². The van der Waals surface area contributed by atoms with E-state index in [9.17, 15) is 9.18 Å². The summed E-state index contributed by atoms with van der Waals surface area (Å²) in [6, 6.07) is 5.20. The maximum atomic E-state index is 14.1. The number of nitrogens with one attached hydrogen (secondary N) is 1. The van der Waals surface area contributed by atoms with E-state index < -0.39 is 0 Å². The summed E-state index contributed by atoms with van der Waals surface area (Å²) in [4.78, 5) is 15.9. The van der Waals surface area contributed by atoms with Gasteiger partial charge >= 0.3 is 0 Å². The van der Waals surface area contributed by atoms with Crippen molar-refractivity contribution >= 4 is 17.2 Å². The maximum Gasteiger partial charge on any atom is 0.216 e. The second-order valence-corrected chi connectivity index (χ2v) is 5.56. The number of rotatable bonds is 4.